The first-order chi connectivity index (χ1) is 12.9. The maximum Gasteiger partial charge on any atom is 0.0367 e. The normalized spacial score (nSPS) is 27.8. The predicted octanol–water partition coefficient (Wildman–Crippen LogP) is 4.39. The summed E-state index contributed by atoms with van der Waals surface area (Å²) in [6, 6.07) is 12.6. The summed E-state index contributed by atoms with van der Waals surface area (Å²) in [5, 5.41) is 0. The molecular formula is C23H37N3. The van der Waals surface area contributed by atoms with E-state index in [-0.39, 0.29) is 0 Å². The Kier molecular flexibility index (Phi) is 6.50. The zero-order valence-electron chi connectivity index (χ0n) is 16.5. The molecule has 2 heterocycles. The fourth-order valence-corrected chi connectivity index (χ4v) is 5.40. The van der Waals surface area contributed by atoms with Crippen LogP contribution in [0.3, 0.4) is 0 Å². The number of hydrogen-bond donors (Lipinski definition) is 0. The Morgan fingerprint density at radius 2 is 1.23 bits per heavy atom. The SMILES string of the molecule is c1ccc(N2CCN([C@@H]3CCCN(C4CCCCCCC4)C3)CC2)cc1. The molecule has 0 aromatic heterocycles. The number of hydrogen-bond acceptors (Lipinski definition) is 3. The van der Waals surface area contributed by atoms with E-state index in [1.165, 1.54) is 103 Å². The molecule has 1 atom stereocenters. The van der Waals surface area contributed by atoms with Crippen molar-refractivity contribution in [3.8, 4) is 0 Å². The van der Waals surface area contributed by atoms with Gasteiger partial charge in [-0.25, -0.2) is 0 Å². The van der Waals surface area contributed by atoms with Crippen molar-refractivity contribution in [3.63, 3.8) is 0 Å². The molecule has 0 spiro atoms. The highest BCUT2D eigenvalue weighted by atomic mass is 15.3. The first-order valence-electron chi connectivity index (χ1n) is 11.2. The molecule has 3 fully saturated rings. The van der Waals surface area contributed by atoms with Crippen molar-refractivity contribution < 1.29 is 0 Å². The summed E-state index contributed by atoms with van der Waals surface area (Å²) in [5.41, 5.74) is 1.40. The van der Waals surface area contributed by atoms with Gasteiger partial charge in [-0.05, 0) is 44.4 Å². The Labute approximate surface area is 160 Å². The van der Waals surface area contributed by atoms with Gasteiger partial charge in [-0.3, -0.25) is 9.80 Å². The van der Waals surface area contributed by atoms with Gasteiger partial charge >= 0.3 is 0 Å². The van der Waals surface area contributed by atoms with E-state index in [2.05, 4.69) is 45.0 Å². The molecule has 0 bridgehead atoms. The van der Waals surface area contributed by atoms with Crippen LogP contribution in [0.4, 0.5) is 5.69 Å². The van der Waals surface area contributed by atoms with Gasteiger partial charge in [-0.1, -0.05) is 50.3 Å². The van der Waals surface area contributed by atoms with Gasteiger partial charge in [0.05, 0.1) is 0 Å². The van der Waals surface area contributed by atoms with Gasteiger partial charge in [0.25, 0.3) is 0 Å². The molecule has 4 rings (SSSR count). The van der Waals surface area contributed by atoms with Crippen LogP contribution in [0, 0.1) is 0 Å². The van der Waals surface area contributed by atoms with Crippen LogP contribution < -0.4 is 4.90 Å². The monoisotopic (exact) mass is 355 g/mol. The zero-order valence-corrected chi connectivity index (χ0v) is 16.5. The van der Waals surface area contributed by atoms with Crippen molar-refractivity contribution in [1.29, 1.82) is 0 Å². The van der Waals surface area contributed by atoms with Crippen LogP contribution in [0.15, 0.2) is 30.3 Å². The molecule has 1 aromatic rings. The first-order valence-corrected chi connectivity index (χ1v) is 11.2. The molecule has 1 aliphatic carbocycles. The second kappa shape index (κ2) is 9.23. The number of piperidine rings is 1. The van der Waals surface area contributed by atoms with Crippen molar-refractivity contribution >= 4 is 5.69 Å². The molecule has 144 valence electrons. The lowest BCUT2D eigenvalue weighted by atomic mass is 9.93. The summed E-state index contributed by atoms with van der Waals surface area (Å²) in [7, 11) is 0. The summed E-state index contributed by atoms with van der Waals surface area (Å²) in [5.74, 6) is 0. The fourth-order valence-electron chi connectivity index (χ4n) is 5.40. The standard InChI is InChI=1S/C23H37N3/c1-2-5-12-22(13-6-3-1)26-15-9-14-23(20-26)25-18-16-24(17-19-25)21-10-7-4-8-11-21/h4,7-8,10-11,22-23H,1-3,5-6,9,12-20H2/t23-/m1/s1. The molecule has 26 heavy (non-hydrogen) atoms. The van der Waals surface area contributed by atoms with E-state index in [1.807, 2.05) is 0 Å². The number of para-hydroxylation sites is 1. The maximum absolute atomic E-state index is 2.88. The van der Waals surface area contributed by atoms with E-state index in [0.29, 0.717) is 0 Å². The molecule has 0 N–H and O–H groups in total. The lowest BCUT2D eigenvalue weighted by molar-refractivity contribution is 0.0588. The highest BCUT2D eigenvalue weighted by Crippen LogP contribution is 2.26. The smallest absolute Gasteiger partial charge is 0.0367 e. The number of nitrogens with zero attached hydrogens (tertiary/aromatic N) is 3. The molecule has 2 saturated heterocycles. The molecule has 3 aliphatic rings. The molecule has 0 unspecified atom stereocenters. The van der Waals surface area contributed by atoms with Crippen LogP contribution in [-0.4, -0.2) is 61.2 Å². The molecule has 0 amide bonds. The van der Waals surface area contributed by atoms with Crippen LogP contribution >= 0.6 is 0 Å². The van der Waals surface area contributed by atoms with Crippen molar-refractivity contribution in [2.45, 2.75) is 69.9 Å². The Balaban J connectivity index is 1.29. The minimum atomic E-state index is 0.798. The van der Waals surface area contributed by atoms with E-state index in [1.54, 1.807) is 0 Å². The van der Waals surface area contributed by atoms with Gasteiger partial charge in [-0.15, -0.1) is 0 Å². The van der Waals surface area contributed by atoms with Gasteiger partial charge in [0, 0.05) is 50.5 Å². The second-order valence-electron chi connectivity index (χ2n) is 8.65. The molecular weight excluding hydrogens is 318 g/mol. The van der Waals surface area contributed by atoms with Crippen molar-refractivity contribution in [2.24, 2.45) is 0 Å². The van der Waals surface area contributed by atoms with Crippen molar-refractivity contribution in [1.82, 2.24) is 9.80 Å². The maximum atomic E-state index is 2.88. The highest BCUT2D eigenvalue weighted by Gasteiger charge is 2.31. The molecule has 1 aromatic carbocycles. The Morgan fingerprint density at radius 3 is 1.96 bits per heavy atom. The summed E-state index contributed by atoms with van der Waals surface area (Å²) in [6.45, 7) is 7.52. The lowest BCUT2D eigenvalue weighted by Gasteiger charge is -2.46. The molecule has 3 heteroatoms. The van der Waals surface area contributed by atoms with Gasteiger partial charge in [-0.2, -0.15) is 0 Å². The Bertz CT molecular complexity index is 516. The van der Waals surface area contributed by atoms with E-state index in [4.69, 9.17) is 0 Å². The van der Waals surface area contributed by atoms with Crippen LogP contribution in [0.25, 0.3) is 0 Å². The lowest BCUT2D eigenvalue weighted by Crippen LogP contribution is -2.56. The largest absolute Gasteiger partial charge is 0.369 e. The Morgan fingerprint density at radius 1 is 0.577 bits per heavy atom. The van der Waals surface area contributed by atoms with Crippen molar-refractivity contribution in [3.05, 3.63) is 30.3 Å². The minimum Gasteiger partial charge on any atom is -0.369 e. The molecule has 0 radical (unpaired) electrons. The third kappa shape index (κ3) is 4.61. The average Bonchev–Trinajstić information content (AvgIpc) is 2.69. The van der Waals surface area contributed by atoms with Crippen LogP contribution in [0.1, 0.15) is 57.8 Å². The van der Waals surface area contributed by atoms with Gasteiger partial charge in [0.2, 0.25) is 0 Å². The zero-order chi connectivity index (χ0) is 17.6. The third-order valence-corrected chi connectivity index (χ3v) is 6.97. The number of benzene rings is 1. The summed E-state index contributed by atoms with van der Waals surface area (Å²) in [6.07, 6.45) is 13.0. The Hall–Kier alpha value is -1.06. The minimum absolute atomic E-state index is 0.798. The van der Waals surface area contributed by atoms with Crippen molar-refractivity contribution in [2.75, 3.05) is 44.2 Å². The van der Waals surface area contributed by atoms with Gasteiger partial charge in [0.15, 0.2) is 0 Å². The number of anilines is 1. The number of likely N-dealkylation sites (tertiary alicyclic amines) is 1. The summed E-state index contributed by atoms with van der Waals surface area (Å²) in [4.78, 5) is 8.24. The van der Waals surface area contributed by atoms with Crippen LogP contribution in [-0.2, 0) is 0 Å². The molecule has 1 saturated carbocycles. The van der Waals surface area contributed by atoms with E-state index in [0.717, 1.165) is 12.1 Å². The quantitative estimate of drug-likeness (QED) is 0.796. The van der Waals surface area contributed by atoms with Crippen LogP contribution in [0.5, 0.6) is 0 Å². The topological polar surface area (TPSA) is 9.72 Å². The predicted molar refractivity (Wildman–Crippen MR) is 111 cm³/mol. The number of rotatable bonds is 3. The average molecular weight is 356 g/mol. The highest BCUT2D eigenvalue weighted by molar-refractivity contribution is 5.46. The van der Waals surface area contributed by atoms with Gasteiger partial charge in [0.1, 0.15) is 0 Å². The summed E-state index contributed by atoms with van der Waals surface area (Å²) < 4.78 is 0. The second-order valence-corrected chi connectivity index (χ2v) is 8.65. The summed E-state index contributed by atoms with van der Waals surface area (Å²) >= 11 is 0. The molecule has 3 nitrogen and oxygen atoms in total. The number of piperazine rings is 1. The van der Waals surface area contributed by atoms with Gasteiger partial charge < -0.3 is 4.90 Å². The molecule has 2 aliphatic heterocycles. The fraction of sp³-hybridized carbons (Fsp3) is 0.739. The van der Waals surface area contributed by atoms with E-state index >= 15 is 0 Å². The van der Waals surface area contributed by atoms with Crippen LogP contribution in [0.2, 0.25) is 0 Å². The third-order valence-electron chi connectivity index (χ3n) is 6.97. The van der Waals surface area contributed by atoms with E-state index in [9.17, 15) is 0 Å². The first kappa shape index (κ1) is 18.3. The van der Waals surface area contributed by atoms with E-state index < -0.39 is 0 Å².